The molecule has 6 heterocycles. The molecular formula is C68H78N8O11. The second-order valence-electron chi connectivity index (χ2n) is 23.6. The second kappa shape index (κ2) is 27.8. The summed E-state index contributed by atoms with van der Waals surface area (Å²) in [5.74, 6) is -0.465. The largest absolute Gasteiger partial charge is 0.493 e. The lowest BCUT2D eigenvalue weighted by Crippen LogP contribution is -2.44. The Morgan fingerprint density at radius 1 is 0.644 bits per heavy atom. The molecule has 1 unspecified atom stereocenters. The molecule has 4 aromatic rings. The fraction of sp³-hybridized carbons (Fsp3) is 0.426. The number of hydrogen-bond acceptors (Lipinski definition) is 15. The van der Waals surface area contributed by atoms with E-state index >= 15 is 0 Å². The van der Waals surface area contributed by atoms with Crippen molar-refractivity contribution in [2.24, 2.45) is 21.8 Å². The van der Waals surface area contributed by atoms with Crippen LogP contribution in [-0.4, -0.2) is 158 Å². The summed E-state index contributed by atoms with van der Waals surface area (Å²) in [4.78, 5) is 111. The maximum atomic E-state index is 14.2. The molecule has 5 amide bonds. The summed E-state index contributed by atoms with van der Waals surface area (Å²) in [5.41, 5.74) is 7.77. The average Bonchev–Trinajstić information content (AvgIpc) is 2.23. The van der Waals surface area contributed by atoms with Crippen LogP contribution in [0.2, 0.25) is 0 Å². The number of likely N-dealkylation sites (N-methyl/N-ethyl adjacent to an activating group) is 1. The third-order valence-electron chi connectivity index (χ3n) is 17.2. The monoisotopic (exact) mass is 1180 g/mol. The van der Waals surface area contributed by atoms with E-state index in [2.05, 4.69) is 46.4 Å². The lowest BCUT2D eigenvalue weighted by Gasteiger charge is -2.34. The van der Waals surface area contributed by atoms with Gasteiger partial charge >= 0.3 is 0 Å². The van der Waals surface area contributed by atoms with Gasteiger partial charge in [-0.1, -0.05) is 56.7 Å². The predicted molar refractivity (Wildman–Crippen MR) is 333 cm³/mol. The number of rotatable bonds is 27. The Bertz CT molecular complexity index is 3430. The van der Waals surface area contributed by atoms with Crippen LogP contribution in [0.1, 0.15) is 122 Å². The van der Waals surface area contributed by atoms with Crippen LogP contribution < -0.4 is 29.2 Å². The Morgan fingerprint density at radius 2 is 1.21 bits per heavy atom. The molecule has 456 valence electrons. The molecule has 6 aliphatic rings. The fourth-order valence-corrected chi connectivity index (χ4v) is 11.9. The van der Waals surface area contributed by atoms with Crippen molar-refractivity contribution in [2.45, 2.75) is 110 Å². The minimum Gasteiger partial charge on any atom is -0.493 e. The molecule has 0 bridgehead atoms. The second-order valence-corrected chi connectivity index (χ2v) is 23.6. The summed E-state index contributed by atoms with van der Waals surface area (Å²) in [5, 5.41) is 2.86. The summed E-state index contributed by atoms with van der Waals surface area (Å²) in [6.07, 6.45) is 15.6. The van der Waals surface area contributed by atoms with Gasteiger partial charge in [0.15, 0.2) is 28.8 Å². The Kier molecular flexibility index (Phi) is 19.6. The van der Waals surface area contributed by atoms with Gasteiger partial charge in [0.2, 0.25) is 5.91 Å². The quantitative estimate of drug-likeness (QED) is 0.0436. The zero-order valence-corrected chi connectivity index (χ0v) is 50.6. The number of methoxy groups -OCH3 is 2. The van der Waals surface area contributed by atoms with E-state index in [-0.39, 0.29) is 78.4 Å². The first-order chi connectivity index (χ1) is 42.0. The van der Waals surface area contributed by atoms with Crippen molar-refractivity contribution in [3.05, 3.63) is 125 Å². The van der Waals surface area contributed by atoms with Crippen LogP contribution in [-0.2, 0) is 30.4 Å². The maximum Gasteiger partial charge on any atom is 0.260 e. The van der Waals surface area contributed by atoms with Crippen molar-refractivity contribution in [1.82, 2.24) is 24.9 Å². The van der Waals surface area contributed by atoms with E-state index in [4.69, 9.17) is 28.9 Å². The summed E-state index contributed by atoms with van der Waals surface area (Å²) in [6.45, 7) is 10.6. The number of benzene rings is 4. The first kappa shape index (κ1) is 61.4. The molecule has 0 aliphatic carbocycles. The molecule has 1 fully saturated rings. The van der Waals surface area contributed by atoms with E-state index in [1.807, 2.05) is 56.7 Å². The predicted octanol–water partition coefficient (Wildman–Crippen LogP) is 9.36. The lowest BCUT2D eigenvalue weighted by molar-refractivity contribution is -0.137. The van der Waals surface area contributed by atoms with Crippen LogP contribution in [0.15, 0.2) is 107 Å². The number of Topliss-reactive ketones (excluding diaryl/α,β-unsaturated/α-hetero) is 2. The van der Waals surface area contributed by atoms with E-state index in [0.29, 0.717) is 97.4 Å². The number of nitrogens with one attached hydrogen (secondary N) is 1. The number of nitrogens with zero attached hydrogens (tertiary/aromatic N) is 7. The van der Waals surface area contributed by atoms with Crippen molar-refractivity contribution in [2.75, 3.05) is 72.1 Å². The van der Waals surface area contributed by atoms with Gasteiger partial charge in [0.1, 0.15) is 5.78 Å². The van der Waals surface area contributed by atoms with Gasteiger partial charge in [-0.3, -0.25) is 48.4 Å². The normalized spacial score (nSPS) is 18.6. The molecule has 0 saturated carbocycles. The molecule has 10 rings (SSSR count). The van der Waals surface area contributed by atoms with Crippen LogP contribution >= 0.6 is 0 Å². The number of aliphatic imine (C=N–C) groups is 2. The van der Waals surface area contributed by atoms with Crippen LogP contribution in [0.25, 0.3) is 11.1 Å². The van der Waals surface area contributed by atoms with Crippen LogP contribution in [0.5, 0.6) is 23.0 Å². The number of unbranched alkanes of at least 4 members (excludes halogenated alkanes) is 4. The zero-order chi connectivity index (χ0) is 61.3. The molecule has 1 saturated heterocycles. The lowest BCUT2D eigenvalue weighted by atomic mass is 9.88. The van der Waals surface area contributed by atoms with Crippen LogP contribution in [0.4, 0.5) is 17.1 Å². The topological polar surface area (TPSA) is 209 Å². The maximum absolute atomic E-state index is 14.2. The summed E-state index contributed by atoms with van der Waals surface area (Å²) < 4.78 is 23.9. The summed E-state index contributed by atoms with van der Waals surface area (Å²) in [7, 11) is 5.25. The molecule has 1 N–H and O–H groups in total. The number of piperazine rings is 1. The van der Waals surface area contributed by atoms with Crippen LogP contribution in [0.3, 0.4) is 0 Å². The summed E-state index contributed by atoms with van der Waals surface area (Å²) in [6, 6.07) is 21.8. The highest BCUT2D eigenvalue weighted by Crippen LogP contribution is 2.42. The van der Waals surface area contributed by atoms with Gasteiger partial charge in [0, 0.05) is 126 Å². The van der Waals surface area contributed by atoms with Gasteiger partial charge in [0.05, 0.1) is 68.1 Å². The molecule has 0 aromatic heterocycles. The first-order valence-corrected chi connectivity index (χ1v) is 30.4. The Morgan fingerprint density at radius 3 is 1.77 bits per heavy atom. The molecule has 4 aromatic carbocycles. The highest BCUT2D eigenvalue weighted by Gasteiger charge is 2.36. The minimum atomic E-state index is -0.793. The van der Waals surface area contributed by atoms with Gasteiger partial charge in [-0.15, -0.1) is 0 Å². The Hall–Kier alpha value is -8.71. The van der Waals surface area contributed by atoms with E-state index in [1.54, 1.807) is 54.3 Å². The van der Waals surface area contributed by atoms with Crippen LogP contribution in [0, 0.1) is 11.8 Å². The van der Waals surface area contributed by atoms with Gasteiger partial charge in [-0.05, 0) is 104 Å². The van der Waals surface area contributed by atoms with Crippen molar-refractivity contribution in [3.8, 4) is 23.0 Å². The molecule has 87 heavy (non-hydrogen) atoms. The number of imide groups is 1. The van der Waals surface area contributed by atoms with Gasteiger partial charge in [-0.25, -0.2) is 0 Å². The summed E-state index contributed by atoms with van der Waals surface area (Å²) >= 11 is 0. The third-order valence-corrected chi connectivity index (χ3v) is 17.2. The molecule has 19 heteroatoms. The molecule has 19 nitrogen and oxygen atoms in total. The number of carbonyl (C=O) groups excluding carboxylic acids is 7. The van der Waals surface area contributed by atoms with Crippen molar-refractivity contribution < 1.29 is 52.5 Å². The smallest absolute Gasteiger partial charge is 0.260 e. The highest BCUT2D eigenvalue weighted by molar-refractivity contribution is 6.13. The Balaban J connectivity index is 0.669. The van der Waals surface area contributed by atoms with Crippen molar-refractivity contribution in [3.63, 3.8) is 0 Å². The fourth-order valence-electron chi connectivity index (χ4n) is 11.9. The number of hydrogen-bond donors (Lipinski definition) is 1. The highest BCUT2D eigenvalue weighted by atomic mass is 16.5. The average molecular weight is 1180 g/mol. The van der Waals surface area contributed by atoms with E-state index in [1.165, 1.54) is 29.8 Å². The van der Waals surface area contributed by atoms with E-state index < -0.39 is 12.0 Å². The van der Waals surface area contributed by atoms with Crippen molar-refractivity contribution in [1.29, 1.82) is 0 Å². The molecular weight excluding hydrogens is 1100 g/mol. The van der Waals surface area contributed by atoms with E-state index in [9.17, 15) is 33.6 Å². The standard InChI is InChI=1S/C68H78N8O11/c1-43(2)54(34-53(77)16-9-7-10-23-74-64(79)21-22-65(74)80)66(81)71-44(3)59(78)31-45-14-13-15-47(30-45)49-33-52-40-70-58-38-63(61(85-6)36-56(58)68(83)76(52)42-49)87-29-12-8-11-28-86-62-37-57-55(35-60(62)84-5)67(82)75-41-48(32-51(75)39-69-57)46-17-19-50(20-18-46)73-26-24-72(4)25-27-73/h13-15,17-22,30,35-44,51-52,54H,7-12,16,23-29,31-34H2,1-6H3,(H,71,81)/t44-,51-,52-,54?/m0/s1. The molecule has 0 radical (unpaired) electrons. The number of ether oxygens (including phenoxy) is 4. The molecule has 4 atom stereocenters. The third kappa shape index (κ3) is 14.4. The van der Waals surface area contributed by atoms with Gasteiger partial charge < -0.3 is 43.9 Å². The van der Waals surface area contributed by atoms with Gasteiger partial charge in [-0.2, -0.15) is 0 Å². The Labute approximate surface area is 508 Å². The molecule has 0 spiro atoms. The number of carbonyl (C=O) groups is 7. The zero-order valence-electron chi connectivity index (χ0n) is 50.6. The minimum absolute atomic E-state index is 0.0493. The number of ketones is 2. The SMILES string of the molecule is COc1cc2c(cc1OCCCCCOc1cc3c(cc1OC)C(=O)N1C=C(c4cccc(CC(=O)[C@H](C)NC(=O)C(CC(=O)CCCCCN5C(=O)C=CC5=O)C(C)C)c4)C[C@H]1C=N3)N=C[C@@H]1CC(c3ccc(N4CCN(C)CC4)cc3)=CN1C2=O. The van der Waals surface area contributed by atoms with E-state index in [0.717, 1.165) is 73.3 Å². The number of amides is 5. The van der Waals surface area contributed by atoms with Gasteiger partial charge in [0.25, 0.3) is 23.6 Å². The molecule has 6 aliphatic heterocycles. The van der Waals surface area contributed by atoms with Crippen molar-refractivity contribution >= 4 is 81.7 Å². The number of fused-ring (bicyclic) bond motifs is 4. The number of anilines is 1. The first-order valence-electron chi connectivity index (χ1n) is 30.4.